The predicted molar refractivity (Wildman–Crippen MR) is 77.5 cm³/mol. The Morgan fingerprint density at radius 2 is 2.18 bits per heavy atom. The molecular weight excluding hydrogens is 284 g/mol. The maximum atomic E-state index is 11.8. The van der Waals surface area contributed by atoms with Gasteiger partial charge in [-0.25, -0.2) is 4.68 Å². The van der Waals surface area contributed by atoms with Gasteiger partial charge in [-0.05, 0) is 25.0 Å². The second-order valence-corrected chi connectivity index (χ2v) is 5.16. The molecule has 114 valence electrons. The van der Waals surface area contributed by atoms with Gasteiger partial charge in [0.25, 0.3) is 0 Å². The highest BCUT2D eigenvalue weighted by atomic mass is 16.2. The van der Waals surface area contributed by atoms with Crippen LogP contribution in [0, 0.1) is 5.92 Å². The third-order valence-electron chi connectivity index (χ3n) is 3.24. The van der Waals surface area contributed by atoms with Gasteiger partial charge in [0.05, 0.1) is 18.4 Å². The largest absolute Gasteiger partial charge is 0.349 e. The summed E-state index contributed by atoms with van der Waals surface area (Å²) in [7, 11) is 0. The van der Waals surface area contributed by atoms with Gasteiger partial charge in [-0.2, -0.15) is 0 Å². The van der Waals surface area contributed by atoms with Gasteiger partial charge in [-0.3, -0.25) is 14.6 Å². The summed E-state index contributed by atoms with van der Waals surface area (Å²) < 4.78 is 1.39. The summed E-state index contributed by atoms with van der Waals surface area (Å²) in [6, 6.07) is 5.51. The van der Waals surface area contributed by atoms with Crippen molar-refractivity contribution in [2.24, 2.45) is 5.92 Å². The molecule has 2 N–H and O–H groups in total. The van der Waals surface area contributed by atoms with E-state index in [0.717, 1.165) is 18.5 Å². The van der Waals surface area contributed by atoms with Gasteiger partial charge in [-0.1, -0.05) is 11.3 Å². The average Bonchev–Trinajstić information content (AvgIpc) is 3.29. The van der Waals surface area contributed by atoms with E-state index < -0.39 is 0 Å². The Kier molecular flexibility index (Phi) is 4.08. The molecule has 22 heavy (non-hydrogen) atoms. The normalized spacial score (nSPS) is 13.6. The molecule has 1 saturated carbocycles. The van der Waals surface area contributed by atoms with Crippen molar-refractivity contribution in [2.75, 3.05) is 5.32 Å². The molecule has 1 aliphatic carbocycles. The van der Waals surface area contributed by atoms with Gasteiger partial charge < -0.3 is 10.6 Å². The molecule has 8 nitrogen and oxygen atoms in total. The Labute approximate surface area is 126 Å². The molecule has 1 fully saturated rings. The van der Waals surface area contributed by atoms with Crippen LogP contribution in [0.1, 0.15) is 18.5 Å². The third-order valence-corrected chi connectivity index (χ3v) is 3.24. The summed E-state index contributed by atoms with van der Waals surface area (Å²) in [5.41, 5.74) is 0.784. The van der Waals surface area contributed by atoms with Gasteiger partial charge in [0, 0.05) is 12.1 Å². The molecule has 0 radical (unpaired) electrons. The molecule has 8 heteroatoms. The first-order chi connectivity index (χ1) is 10.7. The van der Waals surface area contributed by atoms with Crippen LogP contribution in [0.2, 0.25) is 0 Å². The van der Waals surface area contributed by atoms with Crippen molar-refractivity contribution in [2.45, 2.75) is 25.9 Å². The Bertz CT molecular complexity index is 665. The van der Waals surface area contributed by atoms with Crippen LogP contribution >= 0.6 is 0 Å². The molecule has 0 aromatic carbocycles. The summed E-state index contributed by atoms with van der Waals surface area (Å²) in [6.45, 7) is 0.402. The lowest BCUT2D eigenvalue weighted by Crippen LogP contribution is -2.27. The van der Waals surface area contributed by atoms with E-state index in [4.69, 9.17) is 0 Å². The number of carbonyl (C=O) groups excluding carboxylic acids is 2. The highest BCUT2D eigenvalue weighted by Crippen LogP contribution is 2.29. The first-order valence-corrected chi connectivity index (χ1v) is 7.08. The standard InChI is InChI=1S/C14H16N6O2/c21-13(16-7-11-3-1-2-6-15-11)9-20-8-12(18-19-20)17-14(22)10-4-5-10/h1-3,6,8,10H,4-5,7,9H2,(H,16,21)(H,17,22). The van der Waals surface area contributed by atoms with Crippen molar-refractivity contribution in [3.05, 3.63) is 36.3 Å². The average molecular weight is 300 g/mol. The number of carbonyl (C=O) groups is 2. The SMILES string of the molecule is O=C(Cn1cc(NC(=O)C2CC2)nn1)NCc1ccccn1. The lowest BCUT2D eigenvalue weighted by Gasteiger charge is -2.04. The summed E-state index contributed by atoms with van der Waals surface area (Å²) in [5.74, 6) is 0.239. The molecule has 2 aromatic rings. The van der Waals surface area contributed by atoms with Gasteiger partial charge in [0.1, 0.15) is 6.54 Å². The van der Waals surface area contributed by atoms with E-state index in [2.05, 4.69) is 25.9 Å². The van der Waals surface area contributed by atoms with Crippen LogP contribution in [-0.4, -0.2) is 31.8 Å². The number of anilines is 1. The van der Waals surface area contributed by atoms with Crippen LogP contribution in [0.4, 0.5) is 5.82 Å². The van der Waals surface area contributed by atoms with E-state index in [-0.39, 0.29) is 24.3 Å². The molecule has 0 saturated heterocycles. The van der Waals surface area contributed by atoms with Crippen LogP contribution in [0.25, 0.3) is 0 Å². The Morgan fingerprint density at radius 1 is 1.32 bits per heavy atom. The van der Waals surface area contributed by atoms with Crippen molar-refractivity contribution in [3.63, 3.8) is 0 Å². The van der Waals surface area contributed by atoms with Gasteiger partial charge in [0.15, 0.2) is 5.82 Å². The van der Waals surface area contributed by atoms with E-state index in [1.807, 2.05) is 18.2 Å². The van der Waals surface area contributed by atoms with Crippen molar-refractivity contribution >= 4 is 17.6 Å². The van der Waals surface area contributed by atoms with Crippen LogP contribution in [0.15, 0.2) is 30.6 Å². The van der Waals surface area contributed by atoms with E-state index in [9.17, 15) is 9.59 Å². The molecule has 3 rings (SSSR count). The van der Waals surface area contributed by atoms with Crippen LogP contribution in [0.3, 0.4) is 0 Å². The highest BCUT2D eigenvalue weighted by molar-refractivity contribution is 5.93. The second-order valence-electron chi connectivity index (χ2n) is 5.16. The Morgan fingerprint density at radius 3 is 2.91 bits per heavy atom. The van der Waals surface area contributed by atoms with E-state index in [1.54, 1.807) is 12.4 Å². The van der Waals surface area contributed by atoms with Crippen molar-refractivity contribution in [1.29, 1.82) is 0 Å². The maximum Gasteiger partial charge on any atom is 0.242 e. The number of hydrogen-bond donors (Lipinski definition) is 2. The van der Waals surface area contributed by atoms with Crippen molar-refractivity contribution in [1.82, 2.24) is 25.3 Å². The molecule has 1 aliphatic rings. The molecule has 2 heterocycles. The maximum absolute atomic E-state index is 11.8. The molecule has 0 aliphatic heterocycles. The zero-order valence-electron chi connectivity index (χ0n) is 11.9. The quantitative estimate of drug-likeness (QED) is 0.801. The van der Waals surface area contributed by atoms with E-state index in [0.29, 0.717) is 12.4 Å². The molecule has 2 aromatic heterocycles. The minimum absolute atomic E-state index is 0.0355. The molecule has 2 amide bonds. The third kappa shape index (κ3) is 3.87. The van der Waals surface area contributed by atoms with E-state index in [1.165, 1.54) is 4.68 Å². The monoisotopic (exact) mass is 300 g/mol. The fourth-order valence-corrected chi connectivity index (χ4v) is 1.90. The smallest absolute Gasteiger partial charge is 0.242 e. The predicted octanol–water partition coefficient (Wildman–Crippen LogP) is 0.338. The minimum atomic E-state index is -0.198. The van der Waals surface area contributed by atoms with Gasteiger partial charge in [-0.15, -0.1) is 5.10 Å². The highest BCUT2D eigenvalue weighted by Gasteiger charge is 2.30. The Hall–Kier alpha value is -2.77. The summed E-state index contributed by atoms with van der Waals surface area (Å²) in [4.78, 5) is 27.5. The van der Waals surface area contributed by atoms with Crippen molar-refractivity contribution < 1.29 is 9.59 Å². The zero-order chi connectivity index (χ0) is 15.4. The number of hydrogen-bond acceptors (Lipinski definition) is 5. The van der Waals surface area contributed by atoms with Gasteiger partial charge in [0.2, 0.25) is 11.8 Å². The fraction of sp³-hybridized carbons (Fsp3) is 0.357. The number of pyridine rings is 1. The Balaban J connectivity index is 1.47. The number of nitrogens with zero attached hydrogens (tertiary/aromatic N) is 4. The lowest BCUT2D eigenvalue weighted by atomic mass is 10.3. The van der Waals surface area contributed by atoms with Gasteiger partial charge >= 0.3 is 0 Å². The van der Waals surface area contributed by atoms with Crippen LogP contribution < -0.4 is 10.6 Å². The zero-order valence-corrected chi connectivity index (χ0v) is 11.9. The molecular formula is C14H16N6O2. The van der Waals surface area contributed by atoms with Crippen LogP contribution in [-0.2, 0) is 22.7 Å². The first-order valence-electron chi connectivity index (χ1n) is 7.08. The molecule has 0 atom stereocenters. The summed E-state index contributed by atoms with van der Waals surface area (Å²) >= 11 is 0. The topological polar surface area (TPSA) is 102 Å². The van der Waals surface area contributed by atoms with E-state index >= 15 is 0 Å². The van der Waals surface area contributed by atoms with Crippen LogP contribution in [0.5, 0.6) is 0 Å². The number of aromatic nitrogens is 4. The lowest BCUT2D eigenvalue weighted by molar-refractivity contribution is -0.122. The van der Waals surface area contributed by atoms with Crippen molar-refractivity contribution in [3.8, 4) is 0 Å². The second kappa shape index (κ2) is 6.33. The molecule has 0 bridgehead atoms. The number of rotatable bonds is 6. The fourth-order valence-electron chi connectivity index (χ4n) is 1.90. The number of nitrogens with one attached hydrogen (secondary N) is 2. The molecule has 0 unspecified atom stereocenters. The number of amides is 2. The summed E-state index contributed by atoms with van der Waals surface area (Å²) in [5, 5.41) is 13.1. The molecule has 0 spiro atoms. The first kappa shape index (κ1) is 14.2. The minimum Gasteiger partial charge on any atom is -0.349 e. The summed E-state index contributed by atoms with van der Waals surface area (Å²) in [6.07, 6.45) is 5.07.